The van der Waals surface area contributed by atoms with Gasteiger partial charge in [0.1, 0.15) is 0 Å². The van der Waals surface area contributed by atoms with Gasteiger partial charge in [-0.3, -0.25) is 9.59 Å². The first-order valence-electron chi connectivity index (χ1n) is 10.4. The van der Waals surface area contributed by atoms with Crippen LogP contribution in [-0.4, -0.2) is 27.6 Å². The van der Waals surface area contributed by atoms with Crippen LogP contribution in [0.1, 0.15) is 57.8 Å². The number of aromatic nitrogens is 2. The number of hydrogen-bond acceptors (Lipinski definition) is 3. The van der Waals surface area contributed by atoms with Crippen molar-refractivity contribution in [3.05, 3.63) is 77.1 Å². The predicted octanol–water partition coefficient (Wildman–Crippen LogP) is 4.41. The number of nitrogens with one attached hydrogen (secondary N) is 2. The smallest absolute Gasteiger partial charge is 0.255 e. The summed E-state index contributed by atoms with van der Waals surface area (Å²) in [6.45, 7) is 3.95. The molecular formula is C24H26N4O2. The number of nitrogens with zero attached hydrogens (tertiary/aromatic N) is 2. The van der Waals surface area contributed by atoms with Crippen LogP contribution in [0.3, 0.4) is 0 Å². The van der Waals surface area contributed by atoms with Crippen molar-refractivity contribution < 1.29 is 9.59 Å². The topological polar surface area (TPSA) is 76.0 Å². The van der Waals surface area contributed by atoms with E-state index in [0.717, 1.165) is 29.9 Å². The molecule has 0 saturated heterocycles. The van der Waals surface area contributed by atoms with Crippen molar-refractivity contribution in [2.24, 2.45) is 0 Å². The maximum atomic E-state index is 12.6. The SMILES string of the molecule is Cc1cc(C)n(-c2ccc(C(=O)Nc3ccc(C(=O)NC4CCCC4)cc3)cc2)n1. The fourth-order valence-electron chi connectivity index (χ4n) is 3.89. The normalized spacial score (nSPS) is 13.9. The molecular weight excluding hydrogens is 376 g/mol. The van der Waals surface area contributed by atoms with Crippen LogP contribution in [-0.2, 0) is 0 Å². The zero-order chi connectivity index (χ0) is 21.1. The summed E-state index contributed by atoms with van der Waals surface area (Å²) >= 11 is 0. The lowest BCUT2D eigenvalue weighted by atomic mass is 10.1. The van der Waals surface area contributed by atoms with Crippen LogP contribution in [0.25, 0.3) is 5.69 Å². The first kappa shape index (κ1) is 19.9. The van der Waals surface area contributed by atoms with E-state index >= 15 is 0 Å². The number of hydrogen-bond donors (Lipinski definition) is 2. The summed E-state index contributed by atoms with van der Waals surface area (Å²) in [6.07, 6.45) is 4.46. The average molecular weight is 402 g/mol. The largest absolute Gasteiger partial charge is 0.349 e. The Morgan fingerprint density at radius 3 is 2.10 bits per heavy atom. The maximum Gasteiger partial charge on any atom is 0.255 e. The van der Waals surface area contributed by atoms with Gasteiger partial charge >= 0.3 is 0 Å². The Balaban J connectivity index is 1.38. The molecule has 2 N–H and O–H groups in total. The molecule has 3 aromatic rings. The summed E-state index contributed by atoms with van der Waals surface area (Å²) in [7, 11) is 0. The highest BCUT2D eigenvalue weighted by molar-refractivity contribution is 6.04. The molecule has 2 aromatic carbocycles. The second-order valence-corrected chi connectivity index (χ2v) is 7.87. The second-order valence-electron chi connectivity index (χ2n) is 7.87. The predicted molar refractivity (Wildman–Crippen MR) is 117 cm³/mol. The Labute approximate surface area is 176 Å². The maximum absolute atomic E-state index is 12.6. The third-order valence-electron chi connectivity index (χ3n) is 5.48. The standard InChI is InChI=1S/C24H26N4O2/c1-16-15-17(2)28(27-16)22-13-9-19(10-14-22)24(30)26-21-11-7-18(8-12-21)23(29)25-20-5-3-4-6-20/h7-15,20H,3-6H2,1-2H3,(H,25,29)(H,26,30). The van der Waals surface area contributed by atoms with E-state index in [1.165, 1.54) is 12.8 Å². The highest BCUT2D eigenvalue weighted by atomic mass is 16.2. The first-order chi connectivity index (χ1) is 14.5. The van der Waals surface area contributed by atoms with E-state index in [2.05, 4.69) is 15.7 Å². The molecule has 1 aliphatic rings. The number of rotatable bonds is 5. The van der Waals surface area contributed by atoms with Gasteiger partial charge in [0.15, 0.2) is 0 Å². The molecule has 0 aliphatic heterocycles. The summed E-state index contributed by atoms with van der Waals surface area (Å²) in [6, 6.07) is 16.6. The van der Waals surface area contributed by atoms with Gasteiger partial charge in [0.05, 0.1) is 11.4 Å². The highest BCUT2D eigenvalue weighted by Crippen LogP contribution is 2.19. The van der Waals surface area contributed by atoms with Crippen LogP contribution in [0.4, 0.5) is 5.69 Å². The van der Waals surface area contributed by atoms with E-state index in [0.29, 0.717) is 16.8 Å². The lowest BCUT2D eigenvalue weighted by molar-refractivity contribution is 0.0937. The van der Waals surface area contributed by atoms with E-state index in [9.17, 15) is 9.59 Å². The summed E-state index contributed by atoms with van der Waals surface area (Å²) in [5.41, 5.74) is 4.73. The Hall–Kier alpha value is -3.41. The van der Waals surface area contributed by atoms with Gasteiger partial charge in [-0.25, -0.2) is 4.68 Å². The summed E-state index contributed by atoms with van der Waals surface area (Å²) in [5.74, 6) is -0.252. The number of anilines is 1. The van der Waals surface area contributed by atoms with Crippen LogP contribution in [0, 0.1) is 13.8 Å². The number of aryl methyl sites for hydroxylation is 2. The number of carbonyl (C=O) groups excluding carboxylic acids is 2. The molecule has 0 atom stereocenters. The van der Waals surface area contributed by atoms with Gasteiger partial charge in [0, 0.05) is 28.6 Å². The van der Waals surface area contributed by atoms with Crippen molar-refractivity contribution in [2.75, 3.05) is 5.32 Å². The van der Waals surface area contributed by atoms with Crippen molar-refractivity contribution >= 4 is 17.5 Å². The van der Waals surface area contributed by atoms with Crippen molar-refractivity contribution in [3.8, 4) is 5.69 Å². The number of carbonyl (C=O) groups is 2. The Kier molecular flexibility index (Phi) is 5.65. The lowest BCUT2D eigenvalue weighted by Crippen LogP contribution is -2.32. The molecule has 1 fully saturated rings. The van der Waals surface area contributed by atoms with Gasteiger partial charge in [-0.05, 0) is 81.3 Å². The van der Waals surface area contributed by atoms with Gasteiger partial charge < -0.3 is 10.6 Å². The van der Waals surface area contributed by atoms with Gasteiger partial charge in [0.2, 0.25) is 0 Å². The Morgan fingerprint density at radius 2 is 1.50 bits per heavy atom. The number of benzene rings is 2. The van der Waals surface area contributed by atoms with E-state index in [-0.39, 0.29) is 17.9 Å². The fourth-order valence-corrected chi connectivity index (χ4v) is 3.89. The van der Waals surface area contributed by atoms with E-state index in [1.54, 1.807) is 36.4 Å². The van der Waals surface area contributed by atoms with Gasteiger partial charge in [0.25, 0.3) is 11.8 Å². The van der Waals surface area contributed by atoms with E-state index < -0.39 is 0 Å². The molecule has 30 heavy (non-hydrogen) atoms. The Bertz CT molecular complexity index is 1050. The van der Waals surface area contributed by atoms with Crippen molar-refractivity contribution in [1.82, 2.24) is 15.1 Å². The third kappa shape index (κ3) is 4.43. The molecule has 154 valence electrons. The van der Waals surface area contributed by atoms with Crippen LogP contribution in [0.2, 0.25) is 0 Å². The monoisotopic (exact) mass is 402 g/mol. The second kappa shape index (κ2) is 8.53. The molecule has 0 spiro atoms. The minimum atomic E-state index is -0.196. The number of amides is 2. The molecule has 1 saturated carbocycles. The first-order valence-corrected chi connectivity index (χ1v) is 10.4. The van der Waals surface area contributed by atoms with E-state index in [4.69, 9.17) is 0 Å². The molecule has 0 unspecified atom stereocenters. The molecule has 1 heterocycles. The van der Waals surface area contributed by atoms with Gasteiger partial charge in [-0.2, -0.15) is 5.10 Å². The quantitative estimate of drug-likeness (QED) is 0.664. The van der Waals surface area contributed by atoms with Crippen molar-refractivity contribution in [2.45, 2.75) is 45.6 Å². The molecule has 1 aromatic heterocycles. The van der Waals surface area contributed by atoms with Gasteiger partial charge in [-0.1, -0.05) is 12.8 Å². The molecule has 2 amide bonds. The molecule has 6 nitrogen and oxygen atoms in total. The van der Waals surface area contributed by atoms with E-state index in [1.807, 2.05) is 36.7 Å². The van der Waals surface area contributed by atoms with Crippen molar-refractivity contribution in [3.63, 3.8) is 0 Å². The molecule has 0 radical (unpaired) electrons. The molecule has 4 rings (SSSR count). The summed E-state index contributed by atoms with van der Waals surface area (Å²) < 4.78 is 1.85. The lowest BCUT2D eigenvalue weighted by Gasteiger charge is -2.12. The summed E-state index contributed by atoms with van der Waals surface area (Å²) in [4.78, 5) is 24.9. The van der Waals surface area contributed by atoms with Crippen LogP contribution >= 0.6 is 0 Å². The minimum Gasteiger partial charge on any atom is -0.349 e. The molecule has 1 aliphatic carbocycles. The zero-order valence-corrected chi connectivity index (χ0v) is 17.3. The zero-order valence-electron chi connectivity index (χ0n) is 17.3. The van der Waals surface area contributed by atoms with Crippen LogP contribution < -0.4 is 10.6 Å². The van der Waals surface area contributed by atoms with Gasteiger partial charge in [-0.15, -0.1) is 0 Å². The van der Waals surface area contributed by atoms with Crippen LogP contribution in [0.15, 0.2) is 54.6 Å². The average Bonchev–Trinajstić information content (AvgIpc) is 3.37. The molecule has 0 bridgehead atoms. The van der Waals surface area contributed by atoms with Crippen molar-refractivity contribution in [1.29, 1.82) is 0 Å². The third-order valence-corrected chi connectivity index (χ3v) is 5.48. The highest BCUT2D eigenvalue weighted by Gasteiger charge is 2.18. The summed E-state index contributed by atoms with van der Waals surface area (Å²) in [5, 5.41) is 10.4. The fraction of sp³-hybridized carbons (Fsp3) is 0.292. The molecule has 6 heteroatoms. The minimum absolute atomic E-state index is 0.0560. The Morgan fingerprint density at radius 1 is 0.900 bits per heavy atom. The van der Waals surface area contributed by atoms with Crippen LogP contribution in [0.5, 0.6) is 0 Å².